The lowest BCUT2D eigenvalue weighted by Crippen LogP contribution is -2.39. The highest BCUT2D eigenvalue weighted by atomic mass is 16.1. The predicted molar refractivity (Wildman–Crippen MR) is 56.5 cm³/mol. The summed E-state index contributed by atoms with van der Waals surface area (Å²) < 4.78 is 0. The van der Waals surface area contributed by atoms with Gasteiger partial charge >= 0.3 is 0 Å². The molecule has 1 aromatic rings. The number of nitrogens with zero attached hydrogens (tertiary/aromatic N) is 2. The zero-order valence-electron chi connectivity index (χ0n) is 8.81. The third kappa shape index (κ3) is 2.39. The molecule has 1 fully saturated rings. The summed E-state index contributed by atoms with van der Waals surface area (Å²) in [6.07, 6.45) is 5.63. The second kappa shape index (κ2) is 4.49. The van der Waals surface area contributed by atoms with Crippen LogP contribution in [0.5, 0.6) is 0 Å². The van der Waals surface area contributed by atoms with Gasteiger partial charge in [-0.15, -0.1) is 0 Å². The van der Waals surface area contributed by atoms with E-state index in [2.05, 4.69) is 22.2 Å². The van der Waals surface area contributed by atoms with Crippen LogP contribution in [-0.2, 0) is 0 Å². The molecule has 2 unspecified atom stereocenters. The Morgan fingerprint density at radius 1 is 1.47 bits per heavy atom. The van der Waals surface area contributed by atoms with Gasteiger partial charge < -0.3 is 5.32 Å². The summed E-state index contributed by atoms with van der Waals surface area (Å²) in [6, 6.07) is 0. The quantitative estimate of drug-likeness (QED) is 0.729. The molecule has 0 aromatic carbocycles. The number of nitrogens with one attached hydrogen (secondary N) is 1. The number of Topliss-reactive ketones (excluding diaryl/α,β-unsaturated/α-hetero) is 1. The van der Waals surface area contributed by atoms with E-state index in [0.29, 0.717) is 11.6 Å². The second-order valence-corrected chi connectivity index (χ2v) is 4.15. The van der Waals surface area contributed by atoms with Crippen molar-refractivity contribution in [2.24, 2.45) is 11.8 Å². The molecule has 2 heterocycles. The first kappa shape index (κ1) is 10.2. The first-order valence-electron chi connectivity index (χ1n) is 5.28. The van der Waals surface area contributed by atoms with Gasteiger partial charge in [-0.1, -0.05) is 6.92 Å². The Balaban J connectivity index is 2.08. The van der Waals surface area contributed by atoms with Crippen LogP contribution in [0.1, 0.15) is 23.8 Å². The van der Waals surface area contributed by atoms with Crippen molar-refractivity contribution in [3.05, 3.63) is 24.3 Å². The topological polar surface area (TPSA) is 54.9 Å². The fourth-order valence-electron chi connectivity index (χ4n) is 1.99. The molecule has 1 saturated heterocycles. The van der Waals surface area contributed by atoms with Crippen molar-refractivity contribution < 1.29 is 4.79 Å². The predicted octanol–water partition coefficient (Wildman–Crippen LogP) is 0.905. The summed E-state index contributed by atoms with van der Waals surface area (Å²) in [5.41, 5.74) is 0.485. The summed E-state index contributed by atoms with van der Waals surface area (Å²) >= 11 is 0. The average Bonchev–Trinajstić information content (AvgIpc) is 2.29. The second-order valence-electron chi connectivity index (χ2n) is 4.15. The molecule has 15 heavy (non-hydrogen) atoms. The lowest BCUT2D eigenvalue weighted by atomic mass is 9.88. The van der Waals surface area contributed by atoms with Crippen LogP contribution >= 0.6 is 0 Å². The van der Waals surface area contributed by atoms with E-state index < -0.39 is 0 Å². The van der Waals surface area contributed by atoms with Gasteiger partial charge in [0, 0.05) is 24.9 Å². The SMILES string of the molecule is CC1CNCC(C(=O)c2cnccn2)C1. The van der Waals surface area contributed by atoms with E-state index >= 15 is 0 Å². The van der Waals surface area contributed by atoms with E-state index in [1.54, 1.807) is 18.6 Å². The van der Waals surface area contributed by atoms with E-state index in [1.807, 2.05) is 0 Å². The molecular weight excluding hydrogens is 190 g/mol. The third-order valence-electron chi connectivity index (χ3n) is 2.76. The minimum absolute atomic E-state index is 0.0606. The minimum atomic E-state index is 0.0606. The molecule has 2 rings (SSSR count). The summed E-state index contributed by atoms with van der Waals surface area (Å²) in [6.45, 7) is 3.92. The molecule has 0 radical (unpaired) electrons. The van der Waals surface area contributed by atoms with Crippen molar-refractivity contribution in [1.82, 2.24) is 15.3 Å². The van der Waals surface area contributed by atoms with Gasteiger partial charge in [-0.25, -0.2) is 4.98 Å². The van der Waals surface area contributed by atoms with Gasteiger partial charge in [0.15, 0.2) is 5.78 Å². The van der Waals surface area contributed by atoms with Gasteiger partial charge in [-0.05, 0) is 18.9 Å². The maximum Gasteiger partial charge on any atom is 0.187 e. The fourth-order valence-corrected chi connectivity index (χ4v) is 1.99. The molecular formula is C11H15N3O. The van der Waals surface area contributed by atoms with Crippen molar-refractivity contribution in [1.29, 1.82) is 0 Å². The Bertz CT molecular complexity index is 339. The van der Waals surface area contributed by atoms with Crippen molar-refractivity contribution >= 4 is 5.78 Å². The normalized spacial score (nSPS) is 26.2. The van der Waals surface area contributed by atoms with Gasteiger partial charge in [-0.3, -0.25) is 9.78 Å². The highest BCUT2D eigenvalue weighted by Crippen LogP contribution is 2.18. The molecule has 1 aromatic heterocycles. The average molecular weight is 205 g/mol. The Morgan fingerprint density at radius 3 is 3.00 bits per heavy atom. The Morgan fingerprint density at radius 2 is 2.33 bits per heavy atom. The largest absolute Gasteiger partial charge is 0.316 e. The number of piperidine rings is 1. The first-order chi connectivity index (χ1) is 7.27. The van der Waals surface area contributed by atoms with E-state index in [1.165, 1.54) is 0 Å². The molecule has 1 N–H and O–H groups in total. The lowest BCUT2D eigenvalue weighted by molar-refractivity contribution is 0.0876. The van der Waals surface area contributed by atoms with Crippen LogP contribution in [0, 0.1) is 11.8 Å². The monoisotopic (exact) mass is 205 g/mol. The third-order valence-corrected chi connectivity index (χ3v) is 2.76. The number of ketones is 1. The summed E-state index contributed by atoms with van der Waals surface area (Å²) in [7, 11) is 0. The standard InChI is InChI=1S/C11H15N3O/c1-8-4-9(6-13-5-8)11(15)10-7-12-2-3-14-10/h2-3,7-9,13H,4-6H2,1H3. The summed E-state index contributed by atoms with van der Waals surface area (Å²) in [5.74, 6) is 0.733. The van der Waals surface area contributed by atoms with Crippen molar-refractivity contribution in [2.45, 2.75) is 13.3 Å². The van der Waals surface area contributed by atoms with Crippen LogP contribution in [0.4, 0.5) is 0 Å². The van der Waals surface area contributed by atoms with Crippen LogP contribution in [0.15, 0.2) is 18.6 Å². The zero-order chi connectivity index (χ0) is 10.7. The van der Waals surface area contributed by atoms with Gasteiger partial charge in [0.1, 0.15) is 5.69 Å². The van der Waals surface area contributed by atoms with E-state index in [0.717, 1.165) is 19.5 Å². The number of aromatic nitrogens is 2. The van der Waals surface area contributed by atoms with Gasteiger partial charge in [0.25, 0.3) is 0 Å². The lowest BCUT2D eigenvalue weighted by Gasteiger charge is -2.26. The molecule has 0 amide bonds. The van der Waals surface area contributed by atoms with Crippen LogP contribution in [0.25, 0.3) is 0 Å². The molecule has 1 aliphatic rings. The zero-order valence-corrected chi connectivity index (χ0v) is 8.81. The number of hydrogen-bond donors (Lipinski definition) is 1. The van der Waals surface area contributed by atoms with E-state index in [9.17, 15) is 4.79 Å². The van der Waals surface area contributed by atoms with Crippen molar-refractivity contribution in [2.75, 3.05) is 13.1 Å². The highest BCUT2D eigenvalue weighted by Gasteiger charge is 2.26. The van der Waals surface area contributed by atoms with Gasteiger partial charge in [0.2, 0.25) is 0 Å². The number of hydrogen-bond acceptors (Lipinski definition) is 4. The van der Waals surface area contributed by atoms with Crippen LogP contribution in [0.2, 0.25) is 0 Å². The smallest absolute Gasteiger partial charge is 0.187 e. The Hall–Kier alpha value is -1.29. The van der Waals surface area contributed by atoms with Crippen molar-refractivity contribution in [3.8, 4) is 0 Å². The molecule has 4 heteroatoms. The number of carbonyl (C=O) groups excluding carboxylic acids is 1. The molecule has 4 nitrogen and oxygen atoms in total. The summed E-state index contributed by atoms with van der Waals surface area (Å²) in [5, 5.41) is 3.27. The molecule has 80 valence electrons. The first-order valence-corrected chi connectivity index (χ1v) is 5.28. The Labute approximate surface area is 89.1 Å². The number of carbonyl (C=O) groups is 1. The molecule has 0 saturated carbocycles. The van der Waals surface area contributed by atoms with E-state index in [4.69, 9.17) is 0 Å². The van der Waals surface area contributed by atoms with Crippen LogP contribution in [0.3, 0.4) is 0 Å². The Kier molecular flexibility index (Phi) is 3.06. The molecule has 0 bridgehead atoms. The fraction of sp³-hybridized carbons (Fsp3) is 0.545. The van der Waals surface area contributed by atoms with Crippen LogP contribution < -0.4 is 5.32 Å². The highest BCUT2D eigenvalue weighted by molar-refractivity contribution is 5.96. The molecule has 1 aliphatic heterocycles. The van der Waals surface area contributed by atoms with E-state index in [-0.39, 0.29) is 11.7 Å². The van der Waals surface area contributed by atoms with Crippen LogP contribution in [-0.4, -0.2) is 28.8 Å². The maximum absolute atomic E-state index is 12.0. The number of rotatable bonds is 2. The van der Waals surface area contributed by atoms with Gasteiger partial charge in [0.05, 0.1) is 6.20 Å². The molecule has 0 aliphatic carbocycles. The summed E-state index contributed by atoms with van der Waals surface area (Å²) in [4.78, 5) is 20.0. The van der Waals surface area contributed by atoms with Gasteiger partial charge in [-0.2, -0.15) is 0 Å². The molecule has 2 atom stereocenters. The minimum Gasteiger partial charge on any atom is -0.316 e. The van der Waals surface area contributed by atoms with Crippen molar-refractivity contribution in [3.63, 3.8) is 0 Å². The maximum atomic E-state index is 12.0. The molecule has 0 spiro atoms.